The molecule has 3 nitrogen and oxygen atoms in total. The molecule has 0 aromatic carbocycles. The first-order valence-corrected chi connectivity index (χ1v) is 6.03. The van der Waals surface area contributed by atoms with Gasteiger partial charge in [-0.05, 0) is 31.4 Å². The normalized spacial score (nSPS) is 13.7. The van der Waals surface area contributed by atoms with Crippen LogP contribution in [-0.2, 0) is 11.3 Å². The Bertz CT molecular complexity index is 305. The Kier molecular flexibility index (Phi) is 5.03. The summed E-state index contributed by atoms with van der Waals surface area (Å²) >= 11 is 0. The van der Waals surface area contributed by atoms with E-state index in [4.69, 9.17) is 10.5 Å². The molecule has 1 rings (SSSR count). The average molecular weight is 224 g/mol. The first-order chi connectivity index (χ1) is 7.50. The van der Waals surface area contributed by atoms with Crippen molar-refractivity contribution in [3.63, 3.8) is 0 Å². The molecule has 0 saturated heterocycles. The van der Waals surface area contributed by atoms with Crippen LogP contribution in [-0.4, -0.2) is 17.3 Å². The van der Waals surface area contributed by atoms with Gasteiger partial charge in [0.25, 0.3) is 0 Å². The van der Waals surface area contributed by atoms with Crippen LogP contribution >= 0.6 is 0 Å². The Morgan fingerprint density at radius 3 is 2.56 bits per heavy atom. The van der Waals surface area contributed by atoms with Gasteiger partial charge in [-0.3, -0.25) is 0 Å². The first kappa shape index (κ1) is 13.3. The second kappa shape index (κ2) is 6.06. The zero-order valence-corrected chi connectivity index (χ0v) is 10.8. The number of hydrogen-bond acceptors (Lipinski definition) is 2. The van der Waals surface area contributed by atoms with Crippen LogP contribution in [0.15, 0.2) is 18.5 Å². The first-order valence-electron chi connectivity index (χ1n) is 6.03. The number of rotatable bonds is 6. The van der Waals surface area contributed by atoms with Crippen molar-refractivity contribution < 1.29 is 4.74 Å². The van der Waals surface area contributed by atoms with Crippen molar-refractivity contribution in [2.24, 2.45) is 11.7 Å². The highest BCUT2D eigenvalue weighted by Crippen LogP contribution is 2.18. The molecule has 1 atom stereocenters. The van der Waals surface area contributed by atoms with Gasteiger partial charge in [0.15, 0.2) is 0 Å². The highest BCUT2D eigenvalue weighted by molar-refractivity contribution is 5.15. The third-order valence-corrected chi connectivity index (χ3v) is 2.68. The Morgan fingerprint density at radius 1 is 1.31 bits per heavy atom. The third-order valence-electron chi connectivity index (χ3n) is 2.68. The van der Waals surface area contributed by atoms with Crippen molar-refractivity contribution in [2.75, 3.05) is 6.61 Å². The maximum Gasteiger partial charge on any atom is 0.0648 e. The topological polar surface area (TPSA) is 40.2 Å². The number of nitrogens with zero attached hydrogens (tertiary/aromatic N) is 1. The standard InChI is InChI=1S/C13H24N2O/c1-10(2)13(14)12-5-6-15(9-12)7-8-16-11(3)4/h5-6,9-11,13H,7-8,14H2,1-4H3. The lowest BCUT2D eigenvalue weighted by molar-refractivity contribution is 0.0728. The van der Waals surface area contributed by atoms with Gasteiger partial charge in [0, 0.05) is 25.0 Å². The summed E-state index contributed by atoms with van der Waals surface area (Å²) < 4.78 is 7.65. The van der Waals surface area contributed by atoms with Gasteiger partial charge in [-0.1, -0.05) is 13.8 Å². The Balaban J connectivity index is 2.45. The largest absolute Gasteiger partial charge is 0.377 e. The molecule has 3 heteroatoms. The Hall–Kier alpha value is -0.800. The van der Waals surface area contributed by atoms with Crippen molar-refractivity contribution in [3.05, 3.63) is 24.0 Å². The maximum absolute atomic E-state index is 6.08. The quantitative estimate of drug-likeness (QED) is 0.806. The fourth-order valence-electron chi connectivity index (χ4n) is 1.57. The van der Waals surface area contributed by atoms with Crippen LogP contribution in [0.4, 0.5) is 0 Å². The van der Waals surface area contributed by atoms with E-state index in [2.05, 4.69) is 50.7 Å². The molecule has 0 fully saturated rings. The molecule has 1 heterocycles. The van der Waals surface area contributed by atoms with Gasteiger partial charge in [-0.15, -0.1) is 0 Å². The number of hydrogen-bond donors (Lipinski definition) is 1. The SMILES string of the molecule is CC(C)OCCn1ccc(C(N)C(C)C)c1. The zero-order valence-electron chi connectivity index (χ0n) is 10.8. The van der Waals surface area contributed by atoms with E-state index in [0.29, 0.717) is 12.0 Å². The predicted octanol–water partition coefficient (Wildman–Crippen LogP) is 2.57. The average Bonchev–Trinajstić information content (AvgIpc) is 2.64. The smallest absolute Gasteiger partial charge is 0.0648 e. The molecule has 0 aliphatic heterocycles. The molecular formula is C13H24N2O. The maximum atomic E-state index is 6.08. The fraction of sp³-hybridized carbons (Fsp3) is 0.692. The Morgan fingerprint density at radius 2 is 2.00 bits per heavy atom. The molecule has 16 heavy (non-hydrogen) atoms. The highest BCUT2D eigenvalue weighted by Gasteiger charge is 2.11. The highest BCUT2D eigenvalue weighted by atomic mass is 16.5. The molecule has 0 aliphatic rings. The summed E-state index contributed by atoms with van der Waals surface area (Å²) in [6.07, 6.45) is 4.49. The third kappa shape index (κ3) is 3.99. The molecule has 0 saturated carbocycles. The van der Waals surface area contributed by atoms with Gasteiger partial charge in [-0.25, -0.2) is 0 Å². The molecule has 0 aliphatic carbocycles. The minimum absolute atomic E-state index is 0.132. The van der Waals surface area contributed by atoms with E-state index in [9.17, 15) is 0 Å². The van der Waals surface area contributed by atoms with Gasteiger partial charge in [0.05, 0.1) is 12.7 Å². The van der Waals surface area contributed by atoms with Crippen molar-refractivity contribution >= 4 is 0 Å². The summed E-state index contributed by atoms with van der Waals surface area (Å²) in [5, 5.41) is 0. The lowest BCUT2D eigenvalue weighted by atomic mass is 10.00. The van der Waals surface area contributed by atoms with Crippen molar-refractivity contribution in [2.45, 2.75) is 46.4 Å². The molecule has 0 spiro atoms. The lowest BCUT2D eigenvalue weighted by Gasteiger charge is -2.13. The number of aromatic nitrogens is 1. The van der Waals surface area contributed by atoms with Gasteiger partial charge >= 0.3 is 0 Å². The minimum atomic E-state index is 0.132. The monoisotopic (exact) mass is 224 g/mol. The molecule has 1 aromatic rings. The second-order valence-corrected chi connectivity index (χ2v) is 4.87. The van der Waals surface area contributed by atoms with Crippen LogP contribution in [0, 0.1) is 5.92 Å². The zero-order chi connectivity index (χ0) is 12.1. The summed E-state index contributed by atoms with van der Waals surface area (Å²) in [6.45, 7) is 10.0. The van der Waals surface area contributed by atoms with E-state index in [1.54, 1.807) is 0 Å². The molecule has 92 valence electrons. The lowest BCUT2D eigenvalue weighted by Crippen LogP contribution is -2.16. The molecule has 1 unspecified atom stereocenters. The molecule has 0 radical (unpaired) electrons. The number of ether oxygens (including phenoxy) is 1. The fourth-order valence-corrected chi connectivity index (χ4v) is 1.57. The van der Waals surface area contributed by atoms with E-state index >= 15 is 0 Å². The van der Waals surface area contributed by atoms with Crippen LogP contribution in [0.5, 0.6) is 0 Å². The molecule has 2 N–H and O–H groups in total. The Labute approximate surface area is 98.6 Å². The summed E-state index contributed by atoms with van der Waals surface area (Å²) in [4.78, 5) is 0. The van der Waals surface area contributed by atoms with E-state index in [0.717, 1.165) is 13.2 Å². The van der Waals surface area contributed by atoms with Gasteiger partial charge < -0.3 is 15.0 Å². The van der Waals surface area contributed by atoms with E-state index < -0.39 is 0 Å². The molecule has 0 bridgehead atoms. The molecular weight excluding hydrogens is 200 g/mol. The van der Waals surface area contributed by atoms with Crippen LogP contribution in [0.25, 0.3) is 0 Å². The molecule has 0 amide bonds. The van der Waals surface area contributed by atoms with Gasteiger partial charge in [0.2, 0.25) is 0 Å². The predicted molar refractivity (Wildman–Crippen MR) is 67.3 cm³/mol. The minimum Gasteiger partial charge on any atom is -0.377 e. The van der Waals surface area contributed by atoms with Crippen LogP contribution < -0.4 is 5.73 Å². The van der Waals surface area contributed by atoms with E-state index in [1.165, 1.54) is 5.56 Å². The summed E-state index contributed by atoms with van der Waals surface area (Å²) in [6, 6.07) is 2.23. The van der Waals surface area contributed by atoms with E-state index in [1.807, 2.05) is 0 Å². The van der Waals surface area contributed by atoms with E-state index in [-0.39, 0.29) is 6.04 Å². The van der Waals surface area contributed by atoms with Gasteiger partial charge in [-0.2, -0.15) is 0 Å². The second-order valence-electron chi connectivity index (χ2n) is 4.87. The summed E-state index contributed by atoms with van der Waals surface area (Å²) in [5.41, 5.74) is 7.29. The van der Waals surface area contributed by atoms with Crippen molar-refractivity contribution in [3.8, 4) is 0 Å². The van der Waals surface area contributed by atoms with Crippen LogP contribution in [0.1, 0.15) is 39.3 Å². The van der Waals surface area contributed by atoms with Gasteiger partial charge in [0.1, 0.15) is 0 Å². The van der Waals surface area contributed by atoms with Crippen LogP contribution in [0.3, 0.4) is 0 Å². The molecule has 1 aromatic heterocycles. The van der Waals surface area contributed by atoms with Crippen LogP contribution in [0.2, 0.25) is 0 Å². The summed E-state index contributed by atoms with van der Waals surface area (Å²) in [7, 11) is 0. The van der Waals surface area contributed by atoms with Crippen molar-refractivity contribution in [1.29, 1.82) is 0 Å². The summed E-state index contributed by atoms with van der Waals surface area (Å²) in [5.74, 6) is 0.475. The number of nitrogens with two attached hydrogens (primary N) is 1. The van der Waals surface area contributed by atoms with Crippen molar-refractivity contribution in [1.82, 2.24) is 4.57 Å².